The molecule has 1 fully saturated rings. The number of benzene rings is 4. The van der Waals surface area contributed by atoms with Crippen molar-refractivity contribution in [3.05, 3.63) is 124 Å². The molecule has 1 N–H and O–H groups in total. The molecule has 5 rings (SSSR count). The zero-order valence-corrected chi connectivity index (χ0v) is 29.8. The van der Waals surface area contributed by atoms with E-state index in [9.17, 15) is 18.0 Å². The fraction of sp³-hybridized carbons (Fsp3) is 0.316. The number of nitrogens with zero attached hydrogens (tertiary/aromatic N) is 2. The van der Waals surface area contributed by atoms with E-state index in [1.54, 1.807) is 24.3 Å². The lowest BCUT2D eigenvalue weighted by atomic mass is 9.94. The Morgan fingerprint density at radius 2 is 1.54 bits per heavy atom. The number of aryl methyl sites for hydroxylation is 1. The molecule has 0 aromatic heterocycles. The van der Waals surface area contributed by atoms with Crippen molar-refractivity contribution < 1.29 is 22.7 Å². The predicted molar refractivity (Wildman–Crippen MR) is 192 cm³/mol. The lowest BCUT2D eigenvalue weighted by Gasteiger charge is -2.35. The van der Waals surface area contributed by atoms with Gasteiger partial charge >= 0.3 is 0 Å². The molecule has 1 aliphatic rings. The molecular formula is C38H42BrN3O5S. The van der Waals surface area contributed by atoms with Crippen LogP contribution in [0.1, 0.15) is 48.8 Å². The molecule has 0 spiro atoms. The molecule has 4 aromatic carbocycles. The molecule has 0 saturated heterocycles. The molecule has 10 heteroatoms. The van der Waals surface area contributed by atoms with E-state index in [2.05, 4.69) is 21.2 Å². The molecule has 48 heavy (non-hydrogen) atoms. The molecule has 2 amide bonds. The number of nitrogens with one attached hydrogen (secondary N) is 1. The van der Waals surface area contributed by atoms with Crippen LogP contribution < -0.4 is 14.4 Å². The number of anilines is 1. The number of hydrogen-bond acceptors (Lipinski definition) is 5. The topological polar surface area (TPSA) is 96.0 Å². The van der Waals surface area contributed by atoms with E-state index in [0.717, 1.165) is 57.6 Å². The number of rotatable bonds is 13. The van der Waals surface area contributed by atoms with E-state index in [4.69, 9.17) is 4.74 Å². The summed E-state index contributed by atoms with van der Waals surface area (Å²) in [5.74, 6) is -0.221. The van der Waals surface area contributed by atoms with Gasteiger partial charge in [0.2, 0.25) is 11.8 Å². The number of carbonyl (C=O) groups excluding carboxylic acids is 2. The Morgan fingerprint density at radius 3 is 2.19 bits per heavy atom. The third kappa shape index (κ3) is 9.05. The number of ether oxygens (including phenoxy) is 1. The Bertz CT molecular complexity index is 1780. The van der Waals surface area contributed by atoms with Crippen molar-refractivity contribution in [2.24, 2.45) is 0 Å². The van der Waals surface area contributed by atoms with E-state index in [1.807, 2.05) is 73.7 Å². The van der Waals surface area contributed by atoms with Gasteiger partial charge in [-0.25, -0.2) is 8.42 Å². The number of halogens is 1. The minimum atomic E-state index is -4.21. The normalized spacial score (nSPS) is 14.1. The van der Waals surface area contributed by atoms with Crippen molar-refractivity contribution in [2.75, 3.05) is 18.0 Å². The Morgan fingerprint density at radius 1 is 0.875 bits per heavy atom. The molecule has 1 unspecified atom stereocenters. The van der Waals surface area contributed by atoms with Crippen molar-refractivity contribution in [2.45, 2.75) is 69.0 Å². The maximum atomic E-state index is 14.7. The van der Waals surface area contributed by atoms with Gasteiger partial charge in [0.1, 0.15) is 18.3 Å². The average molecular weight is 733 g/mol. The van der Waals surface area contributed by atoms with Crippen molar-refractivity contribution in [3.63, 3.8) is 0 Å². The van der Waals surface area contributed by atoms with Crippen LogP contribution >= 0.6 is 15.9 Å². The fourth-order valence-electron chi connectivity index (χ4n) is 6.04. The smallest absolute Gasteiger partial charge is 0.264 e. The van der Waals surface area contributed by atoms with Crippen molar-refractivity contribution in [1.29, 1.82) is 0 Å². The minimum absolute atomic E-state index is 0.0195. The first kappa shape index (κ1) is 35.2. The minimum Gasteiger partial charge on any atom is -0.497 e. The van der Waals surface area contributed by atoms with E-state index in [0.29, 0.717) is 11.4 Å². The zero-order chi connectivity index (χ0) is 34.1. The number of sulfonamides is 1. The highest BCUT2D eigenvalue weighted by atomic mass is 79.9. The van der Waals surface area contributed by atoms with Crippen LogP contribution in [-0.2, 0) is 32.6 Å². The van der Waals surface area contributed by atoms with Gasteiger partial charge in [-0.05, 0) is 79.4 Å². The summed E-state index contributed by atoms with van der Waals surface area (Å²) in [5.41, 5.74) is 3.00. The van der Waals surface area contributed by atoms with Gasteiger partial charge in [-0.1, -0.05) is 95.4 Å². The van der Waals surface area contributed by atoms with Gasteiger partial charge in [0.05, 0.1) is 17.7 Å². The van der Waals surface area contributed by atoms with E-state index < -0.39 is 28.5 Å². The fourth-order valence-corrected chi connectivity index (χ4v) is 7.91. The maximum Gasteiger partial charge on any atom is 0.264 e. The highest BCUT2D eigenvalue weighted by Gasteiger charge is 2.35. The quantitative estimate of drug-likeness (QED) is 0.159. The number of amides is 2. The number of methoxy groups -OCH3 is 1. The van der Waals surface area contributed by atoms with Crippen LogP contribution in [0, 0.1) is 6.92 Å². The lowest BCUT2D eigenvalue weighted by Crippen LogP contribution is -2.55. The van der Waals surface area contributed by atoms with Crippen LogP contribution in [0.3, 0.4) is 0 Å². The molecule has 8 nitrogen and oxygen atoms in total. The van der Waals surface area contributed by atoms with Crippen molar-refractivity contribution >= 4 is 43.5 Å². The first-order valence-corrected chi connectivity index (χ1v) is 18.5. The van der Waals surface area contributed by atoms with E-state index in [1.165, 1.54) is 24.1 Å². The highest BCUT2D eigenvalue weighted by molar-refractivity contribution is 9.10. The molecule has 1 aliphatic carbocycles. The first-order chi connectivity index (χ1) is 23.1. The second-order valence-corrected chi connectivity index (χ2v) is 15.0. The maximum absolute atomic E-state index is 14.7. The molecule has 252 valence electrons. The molecule has 0 aliphatic heterocycles. The summed E-state index contributed by atoms with van der Waals surface area (Å²) in [6.07, 6.45) is 5.29. The number of carbonyl (C=O) groups is 2. The average Bonchev–Trinajstić information content (AvgIpc) is 3.10. The Balaban J connectivity index is 1.56. The SMILES string of the molecule is COc1ccc(S(=O)(=O)N(CC(=O)N(Cc2cccc(Br)c2)C(Cc2ccccc2)C(=O)NC2CCCCC2)c2ccc(C)cc2)cc1. The summed E-state index contributed by atoms with van der Waals surface area (Å²) in [6.45, 7) is 1.52. The van der Waals surface area contributed by atoms with Crippen LogP contribution in [0.25, 0.3) is 0 Å². The van der Waals surface area contributed by atoms with Gasteiger partial charge in [-0.15, -0.1) is 0 Å². The molecule has 1 saturated carbocycles. The number of hydrogen-bond donors (Lipinski definition) is 1. The second kappa shape index (κ2) is 16.3. The molecule has 0 bridgehead atoms. The summed E-state index contributed by atoms with van der Waals surface area (Å²) in [6, 6.07) is 29.4. The molecule has 4 aromatic rings. The van der Waals surface area contributed by atoms with Crippen LogP contribution in [0.2, 0.25) is 0 Å². The van der Waals surface area contributed by atoms with Crippen molar-refractivity contribution in [3.8, 4) is 5.75 Å². The molecule has 0 radical (unpaired) electrons. The van der Waals surface area contributed by atoms with Crippen LogP contribution in [0.4, 0.5) is 5.69 Å². The Hall–Kier alpha value is -4.15. The molecule has 0 heterocycles. The molecular weight excluding hydrogens is 690 g/mol. The third-order valence-corrected chi connectivity index (χ3v) is 11.0. The Labute approximate surface area is 292 Å². The summed E-state index contributed by atoms with van der Waals surface area (Å²) in [5, 5.41) is 3.24. The monoisotopic (exact) mass is 731 g/mol. The van der Waals surface area contributed by atoms with Gasteiger partial charge in [0, 0.05) is 23.5 Å². The standard InChI is InChI=1S/C38H42BrN3O5S/c1-28-16-18-33(19-17-28)42(48(45,46)35-22-20-34(47-2)21-23-35)27-37(43)41(26-30-12-9-13-31(39)24-30)36(25-29-10-5-3-6-11-29)38(44)40-32-14-7-4-8-15-32/h3,5-6,9-13,16-24,32,36H,4,7-8,14-15,25-27H2,1-2H3,(H,40,44). The first-order valence-electron chi connectivity index (χ1n) is 16.3. The highest BCUT2D eigenvalue weighted by Crippen LogP contribution is 2.27. The lowest BCUT2D eigenvalue weighted by molar-refractivity contribution is -0.140. The molecule has 1 atom stereocenters. The summed E-state index contributed by atoms with van der Waals surface area (Å²) in [4.78, 5) is 30.5. The van der Waals surface area contributed by atoms with Crippen molar-refractivity contribution in [1.82, 2.24) is 10.2 Å². The summed E-state index contributed by atoms with van der Waals surface area (Å²) in [7, 11) is -2.69. The summed E-state index contributed by atoms with van der Waals surface area (Å²) < 4.78 is 35.7. The summed E-state index contributed by atoms with van der Waals surface area (Å²) >= 11 is 3.53. The Kier molecular flexibility index (Phi) is 11.9. The zero-order valence-electron chi connectivity index (χ0n) is 27.3. The second-order valence-electron chi connectivity index (χ2n) is 12.2. The van der Waals surface area contributed by atoms with Gasteiger partial charge < -0.3 is 15.0 Å². The van der Waals surface area contributed by atoms with Crippen LogP contribution in [-0.4, -0.2) is 50.9 Å². The van der Waals surface area contributed by atoms with Gasteiger partial charge in [-0.2, -0.15) is 0 Å². The predicted octanol–water partition coefficient (Wildman–Crippen LogP) is 7.05. The van der Waals surface area contributed by atoms with E-state index >= 15 is 0 Å². The van der Waals surface area contributed by atoms with Crippen LogP contribution in [0.15, 0.2) is 112 Å². The third-order valence-electron chi connectivity index (χ3n) is 8.71. The van der Waals surface area contributed by atoms with Gasteiger partial charge in [-0.3, -0.25) is 13.9 Å². The van der Waals surface area contributed by atoms with Crippen LogP contribution in [0.5, 0.6) is 5.75 Å². The van der Waals surface area contributed by atoms with Gasteiger partial charge in [0.15, 0.2) is 0 Å². The largest absolute Gasteiger partial charge is 0.497 e. The van der Waals surface area contributed by atoms with Gasteiger partial charge in [0.25, 0.3) is 10.0 Å². The van der Waals surface area contributed by atoms with E-state index in [-0.39, 0.29) is 29.8 Å².